The first-order valence-corrected chi connectivity index (χ1v) is 12.6. The van der Waals surface area contributed by atoms with Gasteiger partial charge in [-0.15, -0.1) is 0 Å². The smallest absolute Gasteiger partial charge is 0.255 e. The van der Waals surface area contributed by atoms with Crippen molar-refractivity contribution in [2.45, 2.75) is 39.7 Å². The third-order valence-corrected chi connectivity index (χ3v) is 7.47. The summed E-state index contributed by atoms with van der Waals surface area (Å²) in [5.74, 6) is 2.03. The number of piperidine rings is 1. The Labute approximate surface area is 213 Å². The highest BCUT2D eigenvalue weighted by Gasteiger charge is 2.27. The molecule has 37 heavy (non-hydrogen) atoms. The highest BCUT2D eigenvalue weighted by atomic mass is 16.1. The third kappa shape index (κ3) is 4.17. The maximum absolute atomic E-state index is 13.2. The standard InChI is InChI=1S/C25H29N11O/c1-4-16-6-5-9-35(12-16)22-11-21(26-14-27-22)23-18-10-17(7-8-20(18)29-30-23)28-24(37)19-13-36-25(31-32-33-36)34(3)15(19)2/h7-8,10-11,14,16H,4-6,9,12-13H2,1-3H3,(H,28,37)(H,29,30)/t16-/m0/s1. The predicted molar refractivity (Wildman–Crippen MR) is 140 cm³/mol. The molecule has 0 unspecified atom stereocenters. The van der Waals surface area contributed by atoms with Gasteiger partial charge in [-0.05, 0) is 54.3 Å². The van der Waals surface area contributed by atoms with Gasteiger partial charge in [0, 0.05) is 43.0 Å². The fourth-order valence-corrected chi connectivity index (χ4v) is 5.14. The Morgan fingerprint density at radius 1 is 1.24 bits per heavy atom. The van der Waals surface area contributed by atoms with E-state index < -0.39 is 0 Å². The van der Waals surface area contributed by atoms with E-state index in [1.807, 2.05) is 43.1 Å². The molecule has 1 aromatic carbocycles. The molecule has 0 aliphatic carbocycles. The zero-order chi connectivity index (χ0) is 25.5. The number of benzene rings is 1. The van der Waals surface area contributed by atoms with Gasteiger partial charge in [-0.3, -0.25) is 9.89 Å². The van der Waals surface area contributed by atoms with Crippen molar-refractivity contribution in [2.24, 2.45) is 5.92 Å². The minimum absolute atomic E-state index is 0.199. The second kappa shape index (κ2) is 9.26. The molecular weight excluding hydrogens is 470 g/mol. The van der Waals surface area contributed by atoms with Crippen molar-refractivity contribution in [3.8, 4) is 11.4 Å². The van der Waals surface area contributed by atoms with Crippen LogP contribution in [0.3, 0.4) is 0 Å². The van der Waals surface area contributed by atoms with Crippen molar-refractivity contribution < 1.29 is 4.79 Å². The maximum atomic E-state index is 13.2. The summed E-state index contributed by atoms with van der Waals surface area (Å²) in [5.41, 5.74) is 4.41. The second-order valence-electron chi connectivity index (χ2n) is 9.67. The molecule has 2 aliphatic rings. The van der Waals surface area contributed by atoms with E-state index in [-0.39, 0.29) is 5.91 Å². The molecule has 1 amide bonds. The number of carbonyl (C=O) groups is 1. The largest absolute Gasteiger partial charge is 0.356 e. The van der Waals surface area contributed by atoms with Crippen LogP contribution in [-0.2, 0) is 11.3 Å². The number of allylic oxidation sites excluding steroid dienone is 1. The van der Waals surface area contributed by atoms with Crippen LogP contribution in [0.4, 0.5) is 17.5 Å². The van der Waals surface area contributed by atoms with Crippen molar-refractivity contribution in [1.82, 2.24) is 40.4 Å². The summed E-state index contributed by atoms with van der Waals surface area (Å²) in [7, 11) is 1.84. The van der Waals surface area contributed by atoms with E-state index >= 15 is 0 Å². The number of aromatic nitrogens is 8. The normalized spacial score (nSPS) is 17.9. The molecule has 6 rings (SSSR count). The van der Waals surface area contributed by atoms with Crippen molar-refractivity contribution in [3.05, 3.63) is 41.9 Å². The zero-order valence-corrected chi connectivity index (χ0v) is 21.1. The molecule has 5 heterocycles. The SMILES string of the molecule is CC[C@H]1CCCN(c2cc(-c3n[nH]c4ccc(NC(=O)C5=C(C)N(C)c6nnnn6C5)cc34)ncn2)C1. The van der Waals surface area contributed by atoms with Crippen LogP contribution in [0.2, 0.25) is 0 Å². The first-order valence-electron chi connectivity index (χ1n) is 12.6. The lowest BCUT2D eigenvalue weighted by molar-refractivity contribution is -0.113. The van der Waals surface area contributed by atoms with Crippen molar-refractivity contribution in [1.29, 1.82) is 0 Å². The highest BCUT2D eigenvalue weighted by Crippen LogP contribution is 2.31. The lowest BCUT2D eigenvalue weighted by atomic mass is 9.96. The number of hydrogen-bond acceptors (Lipinski definition) is 9. The molecule has 2 N–H and O–H groups in total. The average Bonchev–Trinajstić information content (AvgIpc) is 3.58. The molecular formula is C25H29N11O. The number of hydrogen-bond donors (Lipinski definition) is 2. The van der Waals surface area contributed by atoms with E-state index in [1.54, 1.807) is 11.0 Å². The zero-order valence-electron chi connectivity index (χ0n) is 21.1. The molecule has 0 radical (unpaired) electrons. The minimum Gasteiger partial charge on any atom is -0.356 e. The van der Waals surface area contributed by atoms with E-state index in [1.165, 1.54) is 19.3 Å². The molecule has 0 saturated carbocycles. The van der Waals surface area contributed by atoms with Gasteiger partial charge in [0.2, 0.25) is 5.95 Å². The summed E-state index contributed by atoms with van der Waals surface area (Å²) in [4.78, 5) is 26.5. The molecule has 2 aliphatic heterocycles. The number of rotatable bonds is 5. The van der Waals surface area contributed by atoms with Crippen LogP contribution in [0.1, 0.15) is 33.1 Å². The summed E-state index contributed by atoms with van der Waals surface area (Å²) >= 11 is 0. The van der Waals surface area contributed by atoms with Gasteiger partial charge in [-0.2, -0.15) is 5.10 Å². The van der Waals surface area contributed by atoms with Gasteiger partial charge in [0.15, 0.2) is 0 Å². The Morgan fingerprint density at radius 3 is 3.00 bits per heavy atom. The van der Waals surface area contributed by atoms with Gasteiger partial charge in [0.05, 0.1) is 23.3 Å². The Balaban J connectivity index is 1.27. The quantitative estimate of drug-likeness (QED) is 0.425. The lowest BCUT2D eigenvalue weighted by Crippen LogP contribution is -2.35. The van der Waals surface area contributed by atoms with Crippen LogP contribution in [-0.4, -0.2) is 66.4 Å². The molecule has 190 valence electrons. The summed E-state index contributed by atoms with van der Waals surface area (Å²) in [6.07, 6.45) is 5.23. The Kier molecular flexibility index (Phi) is 5.78. The summed E-state index contributed by atoms with van der Waals surface area (Å²) in [6.45, 7) is 6.46. The number of nitrogens with one attached hydrogen (secondary N) is 2. The van der Waals surface area contributed by atoms with Crippen molar-refractivity contribution >= 4 is 34.3 Å². The van der Waals surface area contributed by atoms with Gasteiger partial charge in [-0.1, -0.05) is 18.4 Å². The van der Waals surface area contributed by atoms with Crippen LogP contribution in [0, 0.1) is 5.92 Å². The van der Waals surface area contributed by atoms with Crippen molar-refractivity contribution in [2.75, 3.05) is 35.3 Å². The van der Waals surface area contributed by atoms with Gasteiger partial charge in [0.1, 0.15) is 17.8 Å². The lowest BCUT2D eigenvalue weighted by Gasteiger charge is -2.33. The predicted octanol–water partition coefficient (Wildman–Crippen LogP) is 3.00. The van der Waals surface area contributed by atoms with Gasteiger partial charge >= 0.3 is 0 Å². The third-order valence-electron chi connectivity index (χ3n) is 7.47. The number of H-pyrrole nitrogens is 1. The highest BCUT2D eigenvalue weighted by molar-refractivity contribution is 6.06. The molecule has 12 nitrogen and oxygen atoms in total. The van der Waals surface area contributed by atoms with Crippen molar-refractivity contribution in [3.63, 3.8) is 0 Å². The van der Waals surface area contributed by atoms with Crippen LogP contribution in [0.5, 0.6) is 0 Å². The summed E-state index contributed by atoms with van der Waals surface area (Å²) in [6, 6.07) is 7.70. The summed E-state index contributed by atoms with van der Waals surface area (Å²) < 4.78 is 1.61. The monoisotopic (exact) mass is 499 g/mol. The maximum Gasteiger partial charge on any atom is 0.255 e. The van der Waals surface area contributed by atoms with E-state index in [4.69, 9.17) is 0 Å². The van der Waals surface area contributed by atoms with Crippen LogP contribution >= 0.6 is 0 Å². The van der Waals surface area contributed by atoms with Crippen LogP contribution < -0.4 is 15.1 Å². The van der Waals surface area contributed by atoms with E-state index in [0.29, 0.717) is 29.7 Å². The number of anilines is 3. The molecule has 12 heteroatoms. The topological polar surface area (TPSA) is 134 Å². The number of fused-ring (bicyclic) bond motifs is 2. The molecule has 3 aromatic heterocycles. The number of amides is 1. The van der Waals surface area contributed by atoms with Gasteiger partial charge in [-0.25, -0.2) is 14.6 Å². The number of aromatic amines is 1. The molecule has 0 spiro atoms. The molecule has 1 fully saturated rings. The molecule has 0 bridgehead atoms. The average molecular weight is 500 g/mol. The Hall–Kier alpha value is -4.35. The fraction of sp³-hybridized carbons (Fsp3) is 0.400. The van der Waals surface area contributed by atoms with E-state index in [0.717, 1.165) is 46.9 Å². The van der Waals surface area contributed by atoms with Gasteiger partial charge in [0.25, 0.3) is 5.91 Å². The summed E-state index contributed by atoms with van der Waals surface area (Å²) in [5, 5.41) is 23.3. The van der Waals surface area contributed by atoms with E-state index in [9.17, 15) is 4.79 Å². The van der Waals surface area contributed by atoms with Crippen LogP contribution in [0.25, 0.3) is 22.3 Å². The number of tetrazole rings is 1. The van der Waals surface area contributed by atoms with Crippen LogP contribution in [0.15, 0.2) is 41.9 Å². The number of carbonyl (C=O) groups excluding carboxylic acids is 1. The number of nitrogens with zero attached hydrogens (tertiary/aromatic N) is 9. The first kappa shape index (κ1) is 23.1. The fourth-order valence-electron chi connectivity index (χ4n) is 5.14. The Bertz CT molecular complexity index is 1500. The molecule has 1 saturated heterocycles. The molecule has 1 atom stereocenters. The molecule has 4 aromatic rings. The van der Waals surface area contributed by atoms with E-state index in [2.05, 4.69) is 52.8 Å². The second-order valence-corrected chi connectivity index (χ2v) is 9.67. The first-order chi connectivity index (χ1) is 18.0. The Morgan fingerprint density at radius 2 is 2.14 bits per heavy atom. The van der Waals surface area contributed by atoms with Gasteiger partial charge < -0.3 is 15.1 Å². The minimum atomic E-state index is -0.199.